The lowest BCUT2D eigenvalue weighted by Gasteiger charge is -2.21. The van der Waals surface area contributed by atoms with Crippen LogP contribution < -0.4 is 10.6 Å². The lowest BCUT2D eigenvalue weighted by atomic mass is 10.2. The SMILES string of the molecule is CCN(C(=O)Cc1ccsc1)c1cccc(N)c1. The van der Waals surface area contributed by atoms with Crippen molar-refractivity contribution >= 4 is 28.6 Å². The molecule has 0 atom stereocenters. The summed E-state index contributed by atoms with van der Waals surface area (Å²) in [5.41, 5.74) is 8.35. The van der Waals surface area contributed by atoms with Gasteiger partial charge in [0.15, 0.2) is 0 Å². The van der Waals surface area contributed by atoms with E-state index in [0.717, 1.165) is 11.3 Å². The molecule has 0 fully saturated rings. The third-order valence-corrected chi connectivity index (χ3v) is 3.47. The van der Waals surface area contributed by atoms with E-state index in [4.69, 9.17) is 5.73 Å². The highest BCUT2D eigenvalue weighted by Crippen LogP contribution is 2.19. The third-order valence-electron chi connectivity index (χ3n) is 2.73. The predicted octanol–water partition coefficient (Wildman–Crippen LogP) is 2.93. The molecule has 0 aliphatic rings. The molecule has 0 aliphatic heterocycles. The van der Waals surface area contributed by atoms with Crippen LogP contribution in [-0.4, -0.2) is 12.5 Å². The highest BCUT2D eigenvalue weighted by atomic mass is 32.1. The Labute approximate surface area is 111 Å². The molecule has 2 rings (SSSR count). The normalized spacial score (nSPS) is 10.3. The second-order valence-electron chi connectivity index (χ2n) is 4.04. The van der Waals surface area contributed by atoms with Crippen molar-refractivity contribution in [3.05, 3.63) is 46.7 Å². The van der Waals surface area contributed by atoms with Crippen molar-refractivity contribution in [1.29, 1.82) is 0 Å². The molecular formula is C14H16N2OS. The molecule has 2 N–H and O–H groups in total. The summed E-state index contributed by atoms with van der Waals surface area (Å²) in [5.74, 6) is 0.0986. The van der Waals surface area contributed by atoms with Crippen molar-refractivity contribution in [3.8, 4) is 0 Å². The smallest absolute Gasteiger partial charge is 0.231 e. The fraction of sp³-hybridized carbons (Fsp3) is 0.214. The molecule has 1 aromatic heterocycles. The van der Waals surface area contributed by atoms with E-state index in [9.17, 15) is 4.79 Å². The van der Waals surface area contributed by atoms with Gasteiger partial charge in [0, 0.05) is 17.9 Å². The number of nitrogens with zero attached hydrogens (tertiary/aromatic N) is 1. The minimum Gasteiger partial charge on any atom is -0.399 e. The number of nitrogen functional groups attached to an aromatic ring is 1. The summed E-state index contributed by atoms with van der Waals surface area (Å²) in [6.07, 6.45) is 0.437. The first-order valence-electron chi connectivity index (χ1n) is 5.87. The maximum atomic E-state index is 12.2. The van der Waals surface area contributed by atoms with Crippen molar-refractivity contribution in [3.63, 3.8) is 0 Å². The Bertz CT molecular complexity index is 522. The van der Waals surface area contributed by atoms with Crippen LogP contribution in [0.4, 0.5) is 11.4 Å². The van der Waals surface area contributed by atoms with Gasteiger partial charge in [0.1, 0.15) is 0 Å². The van der Waals surface area contributed by atoms with Gasteiger partial charge in [0.25, 0.3) is 0 Å². The van der Waals surface area contributed by atoms with Gasteiger partial charge in [-0.1, -0.05) is 6.07 Å². The van der Waals surface area contributed by atoms with Crippen LogP contribution in [0.3, 0.4) is 0 Å². The summed E-state index contributed by atoms with van der Waals surface area (Å²) in [6.45, 7) is 2.61. The molecule has 1 heterocycles. The Kier molecular flexibility index (Phi) is 3.99. The summed E-state index contributed by atoms with van der Waals surface area (Å²) in [7, 11) is 0. The van der Waals surface area contributed by atoms with Gasteiger partial charge < -0.3 is 10.6 Å². The molecule has 0 radical (unpaired) electrons. The van der Waals surface area contributed by atoms with Crippen molar-refractivity contribution < 1.29 is 4.79 Å². The van der Waals surface area contributed by atoms with Gasteiger partial charge in [0.2, 0.25) is 5.91 Å². The molecule has 0 unspecified atom stereocenters. The summed E-state index contributed by atoms with van der Waals surface area (Å²) in [6, 6.07) is 9.40. The number of likely N-dealkylation sites (N-methyl/N-ethyl adjacent to an activating group) is 1. The van der Waals surface area contributed by atoms with E-state index in [0.29, 0.717) is 18.7 Å². The molecule has 0 saturated carbocycles. The zero-order chi connectivity index (χ0) is 13.0. The third kappa shape index (κ3) is 2.90. The van der Waals surface area contributed by atoms with Crippen molar-refractivity contribution in [2.45, 2.75) is 13.3 Å². The molecular weight excluding hydrogens is 244 g/mol. The first-order valence-corrected chi connectivity index (χ1v) is 6.82. The van der Waals surface area contributed by atoms with Crippen molar-refractivity contribution in [2.75, 3.05) is 17.2 Å². The van der Waals surface area contributed by atoms with E-state index in [1.165, 1.54) is 0 Å². The van der Waals surface area contributed by atoms with Crippen LogP contribution in [0.1, 0.15) is 12.5 Å². The molecule has 18 heavy (non-hydrogen) atoms. The van der Waals surface area contributed by atoms with Gasteiger partial charge in [-0.05, 0) is 47.5 Å². The molecule has 3 nitrogen and oxygen atoms in total. The minimum atomic E-state index is 0.0986. The van der Waals surface area contributed by atoms with E-state index in [-0.39, 0.29) is 5.91 Å². The zero-order valence-electron chi connectivity index (χ0n) is 10.3. The second-order valence-corrected chi connectivity index (χ2v) is 4.82. The van der Waals surface area contributed by atoms with Gasteiger partial charge in [0.05, 0.1) is 6.42 Å². The van der Waals surface area contributed by atoms with Crippen molar-refractivity contribution in [2.24, 2.45) is 0 Å². The van der Waals surface area contributed by atoms with E-state index in [2.05, 4.69) is 0 Å². The molecule has 1 aromatic carbocycles. The number of carbonyl (C=O) groups is 1. The maximum absolute atomic E-state index is 12.2. The molecule has 0 spiro atoms. The Morgan fingerprint density at radius 1 is 1.39 bits per heavy atom. The topological polar surface area (TPSA) is 46.3 Å². The minimum absolute atomic E-state index is 0.0986. The number of hydrogen-bond donors (Lipinski definition) is 1. The van der Waals surface area contributed by atoms with Crippen LogP contribution in [0.15, 0.2) is 41.1 Å². The second kappa shape index (κ2) is 5.69. The van der Waals surface area contributed by atoms with E-state index in [1.807, 2.05) is 48.0 Å². The van der Waals surface area contributed by atoms with Gasteiger partial charge in [-0.25, -0.2) is 0 Å². The lowest BCUT2D eigenvalue weighted by Crippen LogP contribution is -2.31. The number of amides is 1. The van der Waals surface area contributed by atoms with Crippen LogP contribution in [0.25, 0.3) is 0 Å². The van der Waals surface area contributed by atoms with Gasteiger partial charge in [-0.2, -0.15) is 11.3 Å². The Balaban J connectivity index is 2.15. The Morgan fingerprint density at radius 2 is 2.22 bits per heavy atom. The maximum Gasteiger partial charge on any atom is 0.231 e. The van der Waals surface area contributed by atoms with Crippen molar-refractivity contribution in [1.82, 2.24) is 0 Å². The number of carbonyl (C=O) groups excluding carboxylic acids is 1. The first-order chi connectivity index (χ1) is 8.70. The number of nitrogens with two attached hydrogens (primary N) is 1. The van der Waals surface area contributed by atoms with Gasteiger partial charge >= 0.3 is 0 Å². The van der Waals surface area contributed by atoms with Crippen LogP contribution in [0, 0.1) is 0 Å². The number of hydrogen-bond acceptors (Lipinski definition) is 3. The van der Waals surface area contributed by atoms with Gasteiger partial charge in [-0.3, -0.25) is 4.79 Å². The molecule has 2 aromatic rings. The van der Waals surface area contributed by atoms with E-state index in [1.54, 1.807) is 16.2 Å². The molecule has 94 valence electrons. The number of benzene rings is 1. The van der Waals surface area contributed by atoms with E-state index >= 15 is 0 Å². The molecule has 1 amide bonds. The lowest BCUT2D eigenvalue weighted by molar-refractivity contribution is -0.117. The number of thiophene rings is 1. The largest absolute Gasteiger partial charge is 0.399 e. The van der Waals surface area contributed by atoms with Gasteiger partial charge in [-0.15, -0.1) is 0 Å². The molecule has 0 aliphatic carbocycles. The standard InChI is InChI=1S/C14H16N2OS/c1-2-16(13-5-3-4-12(15)9-13)14(17)8-11-6-7-18-10-11/h3-7,9-10H,2,8,15H2,1H3. The molecule has 0 saturated heterocycles. The monoisotopic (exact) mass is 260 g/mol. The molecule has 0 bridgehead atoms. The fourth-order valence-electron chi connectivity index (χ4n) is 1.86. The first kappa shape index (κ1) is 12.6. The van der Waals surface area contributed by atoms with Crippen LogP contribution >= 0.6 is 11.3 Å². The highest BCUT2D eigenvalue weighted by molar-refractivity contribution is 7.08. The average Bonchev–Trinajstić information content (AvgIpc) is 2.83. The average molecular weight is 260 g/mol. The Hall–Kier alpha value is -1.81. The highest BCUT2D eigenvalue weighted by Gasteiger charge is 2.14. The van der Waals surface area contributed by atoms with Crippen LogP contribution in [-0.2, 0) is 11.2 Å². The number of rotatable bonds is 4. The van der Waals surface area contributed by atoms with Crippen LogP contribution in [0.5, 0.6) is 0 Å². The predicted molar refractivity (Wildman–Crippen MR) is 76.9 cm³/mol. The summed E-state index contributed by atoms with van der Waals surface area (Å²) in [4.78, 5) is 14.0. The zero-order valence-corrected chi connectivity index (χ0v) is 11.1. The fourth-order valence-corrected chi connectivity index (χ4v) is 2.53. The number of anilines is 2. The summed E-state index contributed by atoms with van der Waals surface area (Å²) in [5, 5.41) is 3.99. The van der Waals surface area contributed by atoms with Crippen LogP contribution in [0.2, 0.25) is 0 Å². The van der Waals surface area contributed by atoms with E-state index < -0.39 is 0 Å². The summed E-state index contributed by atoms with van der Waals surface area (Å²) >= 11 is 1.61. The Morgan fingerprint density at radius 3 is 2.83 bits per heavy atom. The summed E-state index contributed by atoms with van der Waals surface area (Å²) < 4.78 is 0. The molecule has 4 heteroatoms. The quantitative estimate of drug-likeness (QED) is 0.859.